The smallest absolute Gasteiger partial charge is 0.350 e. The molecule has 0 saturated heterocycles. The summed E-state index contributed by atoms with van der Waals surface area (Å²) in [6.45, 7) is 0.996. The van der Waals surface area contributed by atoms with Gasteiger partial charge in [-0.2, -0.15) is 13.2 Å². The van der Waals surface area contributed by atoms with Gasteiger partial charge < -0.3 is 11.1 Å². The first-order valence-corrected chi connectivity index (χ1v) is 9.37. The fraction of sp³-hybridized carbons (Fsp3) is 0.444. The molecular weight excluding hydrogens is 399 g/mol. The Morgan fingerprint density at radius 3 is 2.41 bits per heavy atom. The van der Waals surface area contributed by atoms with Gasteiger partial charge in [-0.3, -0.25) is 4.79 Å². The lowest BCUT2D eigenvalue weighted by Gasteiger charge is -2.06. The van der Waals surface area contributed by atoms with Crippen molar-refractivity contribution in [2.75, 3.05) is 6.54 Å². The fourth-order valence-electron chi connectivity index (χ4n) is 2.38. The molecule has 0 aliphatic carbocycles. The second-order valence-corrected chi connectivity index (χ2v) is 6.81. The summed E-state index contributed by atoms with van der Waals surface area (Å²) < 4.78 is 37.8. The maximum atomic E-state index is 12.6. The Balaban J connectivity index is 0.00000364. The summed E-state index contributed by atoms with van der Waals surface area (Å²) in [5, 5.41) is 5.24. The summed E-state index contributed by atoms with van der Waals surface area (Å²) in [6.07, 6.45) is -0.0414. The van der Waals surface area contributed by atoms with E-state index in [0.29, 0.717) is 35.8 Å². The van der Waals surface area contributed by atoms with Gasteiger partial charge in [-0.1, -0.05) is 25.0 Å². The molecule has 1 heterocycles. The van der Waals surface area contributed by atoms with E-state index in [1.54, 1.807) is 5.38 Å². The van der Waals surface area contributed by atoms with Crippen molar-refractivity contribution in [3.05, 3.63) is 40.9 Å². The van der Waals surface area contributed by atoms with E-state index in [-0.39, 0.29) is 18.3 Å². The number of hydrogen-bond donors (Lipinski definition) is 2. The largest absolute Gasteiger partial charge is 0.416 e. The van der Waals surface area contributed by atoms with Gasteiger partial charge in [0.1, 0.15) is 5.01 Å². The number of nitrogens with one attached hydrogen (secondary N) is 1. The minimum Gasteiger partial charge on any atom is -0.350 e. The molecule has 2 aromatic rings. The van der Waals surface area contributed by atoms with Gasteiger partial charge in [0.05, 0.1) is 17.8 Å². The SMILES string of the molecule is Cl.NCCCCCCC(=O)NCc1csc(-c2ccc(C(F)(F)F)cc2)n1. The Kier molecular flexibility index (Phi) is 9.76. The van der Waals surface area contributed by atoms with Crippen molar-refractivity contribution in [2.24, 2.45) is 5.73 Å². The van der Waals surface area contributed by atoms with Gasteiger partial charge in [0, 0.05) is 17.4 Å². The zero-order valence-corrected chi connectivity index (χ0v) is 16.4. The van der Waals surface area contributed by atoms with Crippen molar-refractivity contribution in [1.82, 2.24) is 10.3 Å². The molecule has 0 aliphatic heterocycles. The van der Waals surface area contributed by atoms with Crippen molar-refractivity contribution in [2.45, 2.75) is 44.8 Å². The molecule has 0 spiro atoms. The van der Waals surface area contributed by atoms with Crippen LogP contribution < -0.4 is 11.1 Å². The monoisotopic (exact) mass is 421 g/mol. The minimum absolute atomic E-state index is 0. The Morgan fingerprint density at radius 1 is 1.11 bits per heavy atom. The van der Waals surface area contributed by atoms with Gasteiger partial charge in [-0.15, -0.1) is 23.7 Å². The average molecular weight is 422 g/mol. The Bertz CT molecular complexity index is 705. The molecule has 1 aromatic heterocycles. The maximum Gasteiger partial charge on any atom is 0.416 e. The number of halogens is 4. The van der Waals surface area contributed by atoms with Gasteiger partial charge in [0.2, 0.25) is 5.91 Å². The third kappa shape index (κ3) is 7.86. The number of aromatic nitrogens is 1. The number of carbonyl (C=O) groups excluding carboxylic acids is 1. The van der Waals surface area contributed by atoms with Crippen molar-refractivity contribution in [1.29, 1.82) is 0 Å². The van der Waals surface area contributed by atoms with Crippen LogP contribution >= 0.6 is 23.7 Å². The Morgan fingerprint density at radius 2 is 1.78 bits per heavy atom. The Labute approximate surface area is 166 Å². The number of carbonyl (C=O) groups is 1. The second kappa shape index (κ2) is 11.3. The number of benzene rings is 1. The zero-order chi connectivity index (χ0) is 19.0. The van der Waals surface area contributed by atoms with Crippen molar-refractivity contribution < 1.29 is 18.0 Å². The molecule has 2 rings (SSSR count). The van der Waals surface area contributed by atoms with Crippen LogP contribution in [0.5, 0.6) is 0 Å². The van der Waals surface area contributed by atoms with Crippen LogP contribution in [0.15, 0.2) is 29.6 Å². The number of nitrogens with two attached hydrogens (primary N) is 1. The van der Waals surface area contributed by atoms with Gasteiger partial charge in [-0.05, 0) is 31.5 Å². The molecule has 0 radical (unpaired) electrons. The van der Waals surface area contributed by atoms with Crippen LogP contribution in [0.3, 0.4) is 0 Å². The number of amides is 1. The van der Waals surface area contributed by atoms with E-state index >= 15 is 0 Å². The van der Waals surface area contributed by atoms with Crippen molar-refractivity contribution >= 4 is 29.7 Å². The molecule has 3 N–H and O–H groups in total. The Hall–Kier alpha value is -1.64. The summed E-state index contributed by atoms with van der Waals surface area (Å²) in [4.78, 5) is 16.2. The highest BCUT2D eigenvalue weighted by Crippen LogP contribution is 2.31. The van der Waals surface area contributed by atoms with E-state index < -0.39 is 11.7 Å². The van der Waals surface area contributed by atoms with Crippen LogP contribution in [0.4, 0.5) is 13.2 Å². The van der Waals surface area contributed by atoms with E-state index in [0.717, 1.165) is 37.8 Å². The number of thiazole rings is 1. The molecule has 150 valence electrons. The summed E-state index contributed by atoms with van der Waals surface area (Å²) in [5.74, 6) is -0.0261. The lowest BCUT2D eigenvalue weighted by molar-refractivity contribution is -0.137. The molecular formula is C18H23ClF3N3OS. The molecule has 1 amide bonds. The maximum absolute atomic E-state index is 12.6. The van der Waals surface area contributed by atoms with Crippen LogP contribution in [-0.2, 0) is 17.5 Å². The third-order valence-electron chi connectivity index (χ3n) is 3.84. The topological polar surface area (TPSA) is 68.0 Å². The predicted molar refractivity (Wildman–Crippen MR) is 104 cm³/mol. The van der Waals surface area contributed by atoms with Crippen LogP contribution in [-0.4, -0.2) is 17.4 Å². The van der Waals surface area contributed by atoms with E-state index in [4.69, 9.17) is 5.73 Å². The molecule has 4 nitrogen and oxygen atoms in total. The zero-order valence-electron chi connectivity index (χ0n) is 14.7. The van der Waals surface area contributed by atoms with E-state index in [1.807, 2.05) is 0 Å². The first-order chi connectivity index (χ1) is 12.4. The van der Waals surface area contributed by atoms with Crippen molar-refractivity contribution in [3.8, 4) is 10.6 Å². The van der Waals surface area contributed by atoms with E-state index in [9.17, 15) is 18.0 Å². The van der Waals surface area contributed by atoms with Gasteiger partial charge in [0.25, 0.3) is 0 Å². The number of rotatable bonds is 9. The average Bonchev–Trinajstić information content (AvgIpc) is 3.08. The summed E-state index contributed by atoms with van der Waals surface area (Å²) in [6, 6.07) is 4.91. The molecule has 1 aromatic carbocycles. The van der Waals surface area contributed by atoms with Crippen LogP contribution in [0.2, 0.25) is 0 Å². The lowest BCUT2D eigenvalue weighted by Crippen LogP contribution is -2.22. The normalized spacial score (nSPS) is 11.1. The van der Waals surface area contributed by atoms with Crippen LogP contribution in [0, 0.1) is 0 Å². The molecule has 0 fully saturated rings. The highest BCUT2D eigenvalue weighted by Gasteiger charge is 2.30. The molecule has 0 atom stereocenters. The summed E-state index contributed by atoms with van der Waals surface area (Å²) in [5.41, 5.74) is 6.06. The highest BCUT2D eigenvalue weighted by molar-refractivity contribution is 7.13. The molecule has 27 heavy (non-hydrogen) atoms. The molecule has 0 aliphatic rings. The summed E-state index contributed by atoms with van der Waals surface area (Å²) >= 11 is 1.34. The third-order valence-corrected chi connectivity index (χ3v) is 4.78. The first kappa shape index (κ1) is 23.4. The number of alkyl halides is 3. The number of unbranched alkanes of at least 4 members (excludes halogenated alkanes) is 3. The number of hydrogen-bond acceptors (Lipinski definition) is 4. The van der Waals surface area contributed by atoms with Gasteiger partial charge in [-0.25, -0.2) is 4.98 Å². The van der Waals surface area contributed by atoms with E-state index in [2.05, 4.69) is 10.3 Å². The fourth-order valence-corrected chi connectivity index (χ4v) is 3.21. The predicted octanol–water partition coefficient (Wildman–Crippen LogP) is 4.78. The molecule has 0 bridgehead atoms. The van der Waals surface area contributed by atoms with Crippen molar-refractivity contribution in [3.63, 3.8) is 0 Å². The number of nitrogens with zero attached hydrogens (tertiary/aromatic N) is 1. The van der Waals surface area contributed by atoms with Crippen LogP contribution in [0.25, 0.3) is 10.6 Å². The quantitative estimate of drug-likeness (QED) is 0.573. The molecule has 0 saturated carbocycles. The summed E-state index contributed by atoms with van der Waals surface area (Å²) in [7, 11) is 0. The standard InChI is InChI=1S/C18H22F3N3OS.ClH/c19-18(20,21)14-8-6-13(7-9-14)17-24-15(12-26-17)11-23-16(25)5-3-1-2-4-10-22;/h6-9,12H,1-5,10-11,22H2,(H,23,25);1H. The molecule has 9 heteroatoms. The minimum atomic E-state index is -4.35. The first-order valence-electron chi connectivity index (χ1n) is 8.49. The second-order valence-electron chi connectivity index (χ2n) is 5.95. The highest BCUT2D eigenvalue weighted by atomic mass is 35.5. The molecule has 0 unspecified atom stereocenters. The van der Waals surface area contributed by atoms with Gasteiger partial charge in [0.15, 0.2) is 0 Å². The van der Waals surface area contributed by atoms with E-state index in [1.165, 1.54) is 23.5 Å². The van der Waals surface area contributed by atoms with Crippen LogP contribution in [0.1, 0.15) is 43.4 Å². The van der Waals surface area contributed by atoms with Gasteiger partial charge >= 0.3 is 6.18 Å². The lowest BCUT2D eigenvalue weighted by atomic mass is 10.1.